The number of aromatic nitrogens is 2. The van der Waals surface area contributed by atoms with Crippen LogP contribution in [0.2, 0.25) is 0 Å². The molecule has 0 bridgehead atoms. The molecule has 1 saturated carbocycles. The van der Waals surface area contributed by atoms with E-state index >= 15 is 0 Å². The summed E-state index contributed by atoms with van der Waals surface area (Å²) in [7, 11) is 0. The first-order chi connectivity index (χ1) is 14.4. The molecule has 2 heterocycles. The number of fused-ring (bicyclic) bond motifs is 1. The van der Waals surface area contributed by atoms with Gasteiger partial charge in [-0.25, -0.2) is 4.98 Å². The first-order valence-corrected chi connectivity index (χ1v) is 11.4. The maximum absolute atomic E-state index is 12.8. The number of aryl methyl sites for hydroxylation is 1. The molecule has 2 aromatic heterocycles. The Morgan fingerprint density at radius 1 is 1.37 bits per heavy atom. The number of rotatable bonds is 8. The van der Waals surface area contributed by atoms with Crippen molar-refractivity contribution in [1.29, 1.82) is 0 Å². The number of nitrogens with one attached hydrogen (secondary N) is 3. The number of H-pyrrole nitrogens is 1. The van der Waals surface area contributed by atoms with Gasteiger partial charge in [0.1, 0.15) is 10.7 Å². The van der Waals surface area contributed by atoms with Crippen LogP contribution in [0.25, 0.3) is 10.2 Å². The standard InChI is InChI=1S/C23H28N4O2S/c1-4-13(2)10-18-14(3)30-23-20(18)22(29)26-19(27-23)12-24-17-7-5-6-15(11-17)21(28)25-16-8-9-16/h5-7,11,13,16,24H,4,8-10,12H2,1-3H3,(H,25,28)(H,26,27,29)/t13-/m0/s1. The van der Waals surface area contributed by atoms with Gasteiger partial charge in [-0.15, -0.1) is 11.3 Å². The van der Waals surface area contributed by atoms with Gasteiger partial charge in [-0.05, 0) is 55.9 Å². The second kappa shape index (κ2) is 8.60. The molecule has 0 spiro atoms. The van der Waals surface area contributed by atoms with Crippen LogP contribution >= 0.6 is 11.3 Å². The molecule has 1 aliphatic carbocycles. The van der Waals surface area contributed by atoms with E-state index in [1.807, 2.05) is 24.3 Å². The topological polar surface area (TPSA) is 86.9 Å². The van der Waals surface area contributed by atoms with Crippen molar-refractivity contribution in [3.05, 3.63) is 56.4 Å². The summed E-state index contributed by atoms with van der Waals surface area (Å²) in [5.74, 6) is 1.08. The SMILES string of the molecule is CC[C@H](C)Cc1c(C)sc2nc(CNc3cccc(C(=O)NC4CC4)c3)[nH]c(=O)c12. The Kier molecular flexibility index (Phi) is 5.90. The van der Waals surface area contributed by atoms with E-state index in [1.54, 1.807) is 11.3 Å². The van der Waals surface area contributed by atoms with Crippen molar-refractivity contribution >= 4 is 33.1 Å². The predicted octanol–water partition coefficient (Wildman–Crippen LogP) is 4.39. The van der Waals surface area contributed by atoms with Crippen LogP contribution in [0.5, 0.6) is 0 Å². The number of carbonyl (C=O) groups excluding carboxylic acids is 1. The molecule has 7 heteroatoms. The van der Waals surface area contributed by atoms with E-state index in [2.05, 4.69) is 36.4 Å². The Morgan fingerprint density at radius 2 is 2.17 bits per heavy atom. The normalized spacial score (nSPS) is 14.6. The van der Waals surface area contributed by atoms with Gasteiger partial charge < -0.3 is 15.6 Å². The molecule has 1 aliphatic rings. The van der Waals surface area contributed by atoms with Crippen molar-refractivity contribution in [2.75, 3.05) is 5.32 Å². The lowest BCUT2D eigenvalue weighted by molar-refractivity contribution is 0.0951. The smallest absolute Gasteiger partial charge is 0.259 e. The van der Waals surface area contributed by atoms with Gasteiger partial charge in [0.15, 0.2) is 0 Å². The van der Waals surface area contributed by atoms with E-state index in [0.29, 0.717) is 29.9 Å². The molecule has 30 heavy (non-hydrogen) atoms. The number of anilines is 1. The minimum absolute atomic E-state index is 0.0444. The first kappa shape index (κ1) is 20.6. The summed E-state index contributed by atoms with van der Waals surface area (Å²) in [6.45, 7) is 6.84. The third-order valence-electron chi connectivity index (χ3n) is 5.66. The zero-order valence-corrected chi connectivity index (χ0v) is 18.5. The van der Waals surface area contributed by atoms with Gasteiger partial charge in [0.25, 0.3) is 11.5 Å². The number of hydrogen-bond acceptors (Lipinski definition) is 5. The third-order valence-corrected chi connectivity index (χ3v) is 6.70. The molecule has 6 nitrogen and oxygen atoms in total. The highest BCUT2D eigenvalue weighted by Gasteiger charge is 2.23. The molecule has 1 atom stereocenters. The highest BCUT2D eigenvalue weighted by atomic mass is 32.1. The highest BCUT2D eigenvalue weighted by Crippen LogP contribution is 2.29. The van der Waals surface area contributed by atoms with Gasteiger partial charge in [0.05, 0.1) is 11.9 Å². The van der Waals surface area contributed by atoms with E-state index in [0.717, 1.165) is 47.2 Å². The van der Waals surface area contributed by atoms with Gasteiger partial charge in [0.2, 0.25) is 0 Å². The molecule has 158 valence electrons. The van der Waals surface area contributed by atoms with E-state index in [4.69, 9.17) is 4.98 Å². The van der Waals surface area contributed by atoms with E-state index in [-0.39, 0.29) is 11.5 Å². The fourth-order valence-electron chi connectivity index (χ4n) is 3.49. The molecule has 0 radical (unpaired) electrons. The Morgan fingerprint density at radius 3 is 2.90 bits per heavy atom. The zero-order chi connectivity index (χ0) is 21.3. The van der Waals surface area contributed by atoms with Crippen molar-refractivity contribution in [3.63, 3.8) is 0 Å². The second-order valence-electron chi connectivity index (χ2n) is 8.23. The summed E-state index contributed by atoms with van der Waals surface area (Å²) in [5, 5.41) is 7.01. The van der Waals surface area contributed by atoms with Crippen LogP contribution in [0.15, 0.2) is 29.1 Å². The van der Waals surface area contributed by atoms with Crippen LogP contribution in [-0.4, -0.2) is 21.9 Å². The lowest BCUT2D eigenvalue weighted by Crippen LogP contribution is -2.25. The molecule has 0 saturated heterocycles. The number of nitrogens with zero attached hydrogens (tertiary/aromatic N) is 1. The van der Waals surface area contributed by atoms with Gasteiger partial charge in [-0.2, -0.15) is 0 Å². The van der Waals surface area contributed by atoms with Gasteiger partial charge in [0, 0.05) is 22.2 Å². The molecular weight excluding hydrogens is 396 g/mol. The lowest BCUT2D eigenvalue weighted by Gasteiger charge is -2.09. The number of aromatic amines is 1. The average Bonchev–Trinajstić information content (AvgIpc) is 3.49. The molecule has 0 unspecified atom stereocenters. The molecule has 1 fully saturated rings. The van der Waals surface area contributed by atoms with Crippen molar-refractivity contribution in [2.24, 2.45) is 5.92 Å². The lowest BCUT2D eigenvalue weighted by atomic mass is 9.98. The van der Waals surface area contributed by atoms with Crippen LogP contribution in [0, 0.1) is 12.8 Å². The van der Waals surface area contributed by atoms with Gasteiger partial charge >= 0.3 is 0 Å². The monoisotopic (exact) mass is 424 g/mol. The number of thiophene rings is 1. The number of amides is 1. The molecule has 3 N–H and O–H groups in total. The fourth-order valence-corrected chi connectivity index (χ4v) is 4.57. The maximum atomic E-state index is 12.8. The summed E-state index contributed by atoms with van der Waals surface area (Å²) in [6.07, 6.45) is 4.11. The Bertz CT molecular complexity index is 1130. The minimum atomic E-state index is -0.0722. The summed E-state index contributed by atoms with van der Waals surface area (Å²) >= 11 is 1.59. The van der Waals surface area contributed by atoms with Gasteiger partial charge in [-0.3, -0.25) is 9.59 Å². The molecular formula is C23H28N4O2S. The van der Waals surface area contributed by atoms with Gasteiger partial charge in [-0.1, -0.05) is 26.3 Å². The summed E-state index contributed by atoms with van der Waals surface area (Å²) in [6, 6.07) is 7.72. The van der Waals surface area contributed by atoms with Crippen LogP contribution in [0.3, 0.4) is 0 Å². The van der Waals surface area contributed by atoms with Crippen molar-refractivity contribution < 1.29 is 4.79 Å². The number of benzene rings is 1. The largest absolute Gasteiger partial charge is 0.378 e. The quantitative estimate of drug-likeness (QED) is 0.501. The Labute approximate surface area is 180 Å². The summed E-state index contributed by atoms with van der Waals surface area (Å²) in [5.41, 5.74) is 2.51. The number of hydrogen-bond donors (Lipinski definition) is 3. The fraction of sp³-hybridized carbons (Fsp3) is 0.435. The van der Waals surface area contributed by atoms with E-state index < -0.39 is 0 Å². The van der Waals surface area contributed by atoms with Crippen molar-refractivity contribution in [3.8, 4) is 0 Å². The highest BCUT2D eigenvalue weighted by molar-refractivity contribution is 7.18. The third kappa shape index (κ3) is 4.56. The molecule has 4 rings (SSSR count). The summed E-state index contributed by atoms with van der Waals surface area (Å²) in [4.78, 5) is 34.6. The van der Waals surface area contributed by atoms with E-state index in [1.165, 1.54) is 4.88 Å². The second-order valence-corrected chi connectivity index (χ2v) is 9.43. The van der Waals surface area contributed by atoms with Crippen LogP contribution < -0.4 is 16.2 Å². The minimum Gasteiger partial charge on any atom is -0.378 e. The number of carbonyl (C=O) groups is 1. The molecule has 1 amide bonds. The van der Waals surface area contributed by atoms with Crippen LogP contribution in [0.4, 0.5) is 5.69 Å². The molecule has 0 aliphatic heterocycles. The van der Waals surface area contributed by atoms with Crippen LogP contribution in [-0.2, 0) is 13.0 Å². The van der Waals surface area contributed by atoms with Crippen molar-refractivity contribution in [2.45, 2.75) is 59.0 Å². The maximum Gasteiger partial charge on any atom is 0.259 e. The summed E-state index contributed by atoms with van der Waals surface area (Å²) < 4.78 is 0. The van der Waals surface area contributed by atoms with Crippen LogP contribution in [0.1, 0.15) is 59.7 Å². The first-order valence-electron chi connectivity index (χ1n) is 10.6. The van der Waals surface area contributed by atoms with E-state index in [9.17, 15) is 9.59 Å². The zero-order valence-electron chi connectivity index (χ0n) is 17.7. The average molecular weight is 425 g/mol. The Hall–Kier alpha value is -2.67. The Balaban J connectivity index is 1.51. The van der Waals surface area contributed by atoms with Crippen molar-refractivity contribution in [1.82, 2.24) is 15.3 Å². The predicted molar refractivity (Wildman–Crippen MR) is 122 cm³/mol. The molecule has 3 aromatic rings. The molecule has 1 aromatic carbocycles.